The quantitative estimate of drug-likeness (QED) is 0.797. The molecule has 0 saturated carbocycles. The van der Waals surface area contributed by atoms with Gasteiger partial charge in [0, 0.05) is 17.8 Å². The Morgan fingerprint density at radius 2 is 1.93 bits per heavy atom. The molecule has 0 bridgehead atoms. The van der Waals surface area contributed by atoms with Gasteiger partial charge in [-0.3, -0.25) is 4.18 Å². The highest BCUT2D eigenvalue weighted by Crippen LogP contribution is 2.18. The Bertz CT molecular complexity index is 398. The summed E-state index contributed by atoms with van der Waals surface area (Å²) in [6.45, 7) is 0. The molecule has 0 fully saturated rings. The fourth-order valence-corrected chi connectivity index (χ4v) is 1.99. The van der Waals surface area contributed by atoms with Crippen LogP contribution < -0.4 is 0 Å². The van der Waals surface area contributed by atoms with Gasteiger partial charge in [-0.15, -0.1) is 0 Å². The minimum absolute atomic E-state index is 0.161. The van der Waals surface area contributed by atoms with Crippen molar-refractivity contribution in [3.8, 4) is 5.75 Å². The van der Waals surface area contributed by atoms with E-state index in [0.717, 1.165) is 24.7 Å². The van der Waals surface area contributed by atoms with E-state index in [2.05, 4.69) is 7.81 Å². The van der Waals surface area contributed by atoms with Crippen LogP contribution in [0.5, 0.6) is 5.75 Å². The van der Waals surface area contributed by atoms with Gasteiger partial charge in [-0.1, -0.05) is 12.1 Å². The molecule has 7 heteroatoms. The smallest absolute Gasteiger partial charge is 0.410 e. The summed E-state index contributed by atoms with van der Waals surface area (Å²) >= 11 is 0.749. The van der Waals surface area contributed by atoms with Crippen molar-refractivity contribution in [3.63, 3.8) is 0 Å². The van der Waals surface area contributed by atoms with Crippen LogP contribution in [0.2, 0.25) is 0 Å². The Labute approximate surface area is 92.6 Å². The largest absolute Gasteiger partial charge is 0.508 e. The van der Waals surface area contributed by atoms with Crippen LogP contribution in [0.1, 0.15) is 5.56 Å². The van der Waals surface area contributed by atoms with Gasteiger partial charge in [0.2, 0.25) is 0 Å². The fraction of sp³-hybridized carbons (Fsp3) is 0.250. The minimum atomic E-state index is -3.88. The van der Waals surface area contributed by atoms with E-state index >= 15 is 0 Å². The normalized spacial score (nSPS) is 11.5. The van der Waals surface area contributed by atoms with Crippen molar-refractivity contribution in [2.75, 3.05) is 7.11 Å². The van der Waals surface area contributed by atoms with Crippen LogP contribution in [0.3, 0.4) is 0 Å². The van der Waals surface area contributed by atoms with Gasteiger partial charge in [0.15, 0.2) is 0 Å². The Balaban J connectivity index is 2.42. The van der Waals surface area contributed by atoms with E-state index in [1.165, 1.54) is 12.1 Å². The zero-order valence-electron chi connectivity index (χ0n) is 7.91. The maximum absolute atomic E-state index is 10.7. The van der Waals surface area contributed by atoms with Crippen LogP contribution in [0.15, 0.2) is 24.3 Å². The molecule has 0 unspecified atom stereocenters. The van der Waals surface area contributed by atoms with Crippen molar-refractivity contribution in [1.29, 1.82) is 0 Å². The number of benzene rings is 1. The first kappa shape index (κ1) is 12.3. The highest BCUT2D eigenvalue weighted by Gasteiger charge is 2.09. The summed E-state index contributed by atoms with van der Waals surface area (Å²) in [6.07, 6.45) is 0. The summed E-state index contributed by atoms with van der Waals surface area (Å²) in [5, 5.41) is 9.00. The number of phenolic OH excluding ortho intramolecular Hbond substituents is 1. The van der Waals surface area contributed by atoms with Gasteiger partial charge in [-0.25, -0.2) is 0 Å². The third kappa shape index (κ3) is 4.52. The lowest BCUT2D eigenvalue weighted by Gasteiger charge is -2.01. The molecule has 0 aliphatic heterocycles. The average molecular weight is 250 g/mol. The van der Waals surface area contributed by atoms with E-state index in [1.807, 2.05) is 0 Å². The maximum atomic E-state index is 10.7. The number of aromatic hydroxyl groups is 1. The first-order valence-electron chi connectivity index (χ1n) is 3.93. The minimum Gasteiger partial charge on any atom is -0.508 e. The maximum Gasteiger partial charge on any atom is 0.410 e. The van der Waals surface area contributed by atoms with Crippen molar-refractivity contribution in [2.24, 2.45) is 0 Å². The van der Waals surface area contributed by atoms with Gasteiger partial charge in [-0.2, -0.15) is 12.0 Å². The van der Waals surface area contributed by atoms with E-state index in [1.54, 1.807) is 12.1 Å². The predicted molar refractivity (Wildman–Crippen MR) is 56.4 cm³/mol. The standard InChI is InChI=1S/C8H10O5S2/c1-12-15(10,11)13-14-6-7-2-4-8(9)5-3-7/h2-5,9H,6H2,1H3. The van der Waals surface area contributed by atoms with Crippen LogP contribution in [0.25, 0.3) is 0 Å². The number of hydrogen-bond acceptors (Lipinski definition) is 6. The van der Waals surface area contributed by atoms with Crippen LogP contribution in [-0.2, 0) is 24.0 Å². The van der Waals surface area contributed by atoms with Crippen molar-refractivity contribution < 1.29 is 21.3 Å². The lowest BCUT2D eigenvalue weighted by atomic mass is 10.2. The highest BCUT2D eigenvalue weighted by atomic mass is 32.3. The molecule has 0 spiro atoms. The summed E-state index contributed by atoms with van der Waals surface area (Å²) in [4.78, 5) is 0. The molecule has 0 heterocycles. The fourth-order valence-electron chi connectivity index (χ4n) is 0.771. The lowest BCUT2D eigenvalue weighted by Crippen LogP contribution is -2.02. The van der Waals surface area contributed by atoms with Crippen LogP contribution in [0.4, 0.5) is 0 Å². The van der Waals surface area contributed by atoms with Crippen molar-refractivity contribution in [3.05, 3.63) is 29.8 Å². The SMILES string of the molecule is COS(=O)(=O)OSCc1ccc(O)cc1. The molecule has 0 saturated heterocycles. The Hall–Kier alpha value is -0.760. The molecule has 0 radical (unpaired) electrons. The van der Waals surface area contributed by atoms with E-state index < -0.39 is 10.4 Å². The van der Waals surface area contributed by atoms with Crippen LogP contribution in [0, 0.1) is 0 Å². The molecule has 0 atom stereocenters. The van der Waals surface area contributed by atoms with Gasteiger partial charge in [0.25, 0.3) is 0 Å². The molecular weight excluding hydrogens is 240 g/mol. The predicted octanol–water partition coefficient (Wildman–Crippen LogP) is 1.45. The van der Waals surface area contributed by atoms with Crippen molar-refractivity contribution in [1.82, 2.24) is 0 Å². The average Bonchev–Trinajstić information content (AvgIpc) is 2.21. The third-order valence-corrected chi connectivity index (χ3v) is 3.41. The van der Waals surface area contributed by atoms with Crippen LogP contribution in [-0.4, -0.2) is 20.6 Å². The zero-order chi connectivity index (χ0) is 11.3. The first-order valence-corrected chi connectivity index (χ1v) is 6.17. The van der Waals surface area contributed by atoms with Gasteiger partial charge >= 0.3 is 10.4 Å². The summed E-state index contributed by atoms with van der Waals surface area (Å²) < 4.78 is 30.0. The monoisotopic (exact) mass is 250 g/mol. The molecule has 84 valence electrons. The molecule has 0 aromatic heterocycles. The first-order chi connectivity index (χ1) is 7.03. The van der Waals surface area contributed by atoms with Gasteiger partial charge in [-0.05, 0) is 17.7 Å². The second-order valence-electron chi connectivity index (χ2n) is 2.57. The van der Waals surface area contributed by atoms with E-state index in [4.69, 9.17) is 5.11 Å². The lowest BCUT2D eigenvalue weighted by molar-refractivity contribution is 0.343. The Kier molecular flexibility index (Phi) is 4.40. The molecule has 15 heavy (non-hydrogen) atoms. The Morgan fingerprint density at radius 3 is 2.47 bits per heavy atom. The van der Waals surface area contributed by atoms with Crippen molar-refractivity contribution >= 4 is 22.4 Å². The topological polar surface area (TPSA) is 72.8 Å². The molecule has 0 amide bonds. The Morgan fingerprint density at radius 1 is 1.33 bits per heavy atom. The molecule has 1 rings (SSSR count). The summed E-state index contributed by atoms with van der Waals surface area (Å²) in [5.74, 6) is 0.511. The second-order valence-corrected chi connectivity index (χ2v) is 4.79. The van der Waals surface area contributed by atoms with Crippen LogP contribution >= 0.6 is 12.0 Å². The van der Waals surface area contributed by atoms with Gasteiger partial charge in [0.1, 0.15) is 5.75 Å². The highest BCUT2D eigenvalue weighted by molar-refractivity contribution is 8.02. The summed E-state index contributed by atoms with van der Waals surface area (Å²) in [6, 6.07) is 6.37. The van der Waals surface area contributed by atoms with Crippen molar-refractivity contribution in [2.45, 2.75) is 5.75 Å². The second kappa shape index (κ2) is 5.36. The van der Waals surface area contributed by atoms with Gasteiger partial charge in [0.05, 0.1) is 7.11 Å². The summed E-state index contributed by atoms with van der Waals surface area (Å²) in [7, 11) is -2.86. The zero-order valence-corrected chi connectivity index (χ0v) is 9.55. The molecule has 1 aromatic carbocycles. The number of rotatable bonds is 5. The third-order valence-electron chi connectivity index (χ3n) is 1.50. The molecule has 5 nitrogen and oxygen atoms in total. The number of hydrogen-bond donors (Lipinski definition) is 1. The van der Waals surface area contributed by atoms with E-state index in [0.29, 0.717) is 5.75 Å². The van der Waals surface area contributed by atoms with E-state index in [-0.39, 0.29) is 5.75 Å². The van der Waals surface area contributed by atoms with Gasteiger partial charge < -0.3 is 5.11 Å². The molecule has 0 aliphatic rings. The molecule has 1 N–H and O–H groups in total. The molecule has 0 aliphatic carbocycles. The number of phenols is 1. The van der Waals surface area contributed by atoms with E-state index in [9.17, 15) is 8.42 Å². The summed E-state index contributed by atoms with van der Waals surface area (Å²) in [5.41, 5.74) is 0.837. The molecular formula is C8H10O5S2. The molecule has 1 aromatic rings.